The molecule has 0 radical (unpaired) electrons. The molecule has 3 rings (SSSR count). The fourth-order valence-electron chi connectivity index (χ4n) is 5.12. The van der Waals surface area contributed by atoms with Crippen LogP contribution in [0.4, 0.5) is 17.1 Å². The van der Waals surface area contributed by atoms with Crippen molar-refractivity contribution < 1.29 is 28.0 Å². The number of nitro benzene ring substituents is 1. The molecule has 0 saturated heterocycles. The van der Waals surface area contributed by atoms with Gasteiger partial charge in [0.15, 0.2) is 9.84 Å². The van der Waals surface area contributed by atoms with E-state index >= 15 is 0 Å². The van der Waals surface area contributed by atoms with Crippen LogP contribution in [0.15, 0.2) is 58.0 Å². The van der Waals surface area contributed by atoms with Gasteiger partial charge in [-0.25, -0.2) is 13.2 Å². The summed E-state index contributed by atoms with van der Waals surface area (Å²) in [4.78, 5) is 25.1. The van der Waals surface area contributed by atoms with E-state index in [1.54, 1.807) is 25.1 Å². The third-order valence-corrected chi connectivity index (χ3v) is 10.1. The molecule has 0 aromatic heterocycles. The van der Waals surface area contributed by atoms with Crippen molar-refractivity contribution in [2.75, 3.05) is 23.5 Å². The molecule has 2 aromatic rings. The van der Waals surface area contributed by atoms with Crippen molar-refractivity contribution in [3.8, 4) is 5.75 Å². The van der Waals surface area contributed by atoms with E-state index < -0.39 is 26.1 Å². The van der Waals surface area contributed by atoms with E-state index in [9.17, 15) is 28.4 Å². The summed E-state index contributed by atoms with van der Waals surface area (Å²) < 4.78 is 34.0. The molecule has 2 aromatic carbocycles. The lowest BCUT2D eigenvalue weighted by atomic mass is 9.79. The third-order valence-electron chi connectivity index (χ3n) is 7.34. The molecule has 11 heteroatoms. The Morgan fingerprint density at radius 1 is 1.15 bits per heavy atom. The molecule has 0 saturated carbocycles. The zero-order chi connectivity index (χ0) is 29.5. The van der Waals surface area contributed by atoms with E-state index in [1.807, 2.05) is 11.2 Å². The number of carboxylic acid groups (broad SMARTS) is 1. The Hall–Kier alpha value is -3.05. The SMILES string of the molecule is CCCCC1(CCCC)CN(c2ccc([N+](=O)[O-])cc2)c2cc(SC)c(O/C=C(\CC)C(=O)O)cc2S(=O)(=O)C1. The Morgan fingerprint density at radius 2 is 1.77 bits per heavy atom. The largest absolute Gasteiger partial charge is 0.478 e. The number of hydrogen-bond acceptors (Lipinski definition) is 8. The van der Waals surface area contributed by atoms with Crippen molar-refractivity contribution in [1.82, 2.24) is 0 Å². The average Bonchev–Trinajstić information content (AvgIpc) is 3.02. The highest BCUT2D eigenvalue weighted by atomic mass is 32.2. The maximum Gasteiger partial charge on any atom is 0.334 e. The van der Waals surface area contributed by atoms with Crippen LogP contribution < -0.4 is 9.64 Å². The van der Waals surface area contributed by atoms with Gasteiger partial charge < -0.3 is 14.7 Å². The second-order valence-electron chi connectivity index (χ2n) is 10.2. The first-order chi connectivity index (χ1) is 19.0. The highest BCUT2D eigenvalue weighted by molar-refractivity contribution is 7.98. The molecule has 0 unspecified atom stereocenters. The second kappa shape index (κ2) is 13.5. The number of carboxylic acids is 1. The van der Waals surface area contributed by atoms with Crippen molar-refractivity contribution in [3.05, 3.63) is 58.3 Å². The first-order valence-corrected chi connectivity index (χ1v) is 16.4. The van der Waals surface area contributed by atoms with Crippen LogP contribution in [0.25, 0.3) is 0 Å². The molecule has 1 aliphatic rings. The van der Waals surface area contributed by atoms with Gasteiger partial charge in [-0.05, 0) is 43.7 Å². The zero-order valence-electron chi connectivity index (χ0n) is 23.5. The Balaban J connectivity index is 2.27. The molecule has 218 valence electrons. The Bertz CT molecular complexity index is 1350. The van der Waals surface area contributed by atoms with Crippen LogP contribution in [0.1, 0.15) is 65.7 Å². The monoisotopic (exact) mass is 590 g/mol. The number of fused-ring (bicyclic) bond motifs is 1. The van der Waals surface area contributed by atoms with Crippen LogP contribution in [0.5, 0.6) is 5.75 Å². The van der Waals surface area contributed by atoms with Gasteiger partial charge >= 0.3 is 5.97 Å². The molecule has 0 atom stereocenters. The molecule has 0 fully saturated rings. The fraction of sp³-hybridized carbons (Fsp3) is 0.483. The molecule has 0 spiro atoms. The zero-order valence-corrected chi connectivity index (χ0v) is 25.1. The van der Waals surface area contributed by atoms with E-state index in [0.717, 1.165) is 44.8 Å². The van der Waals surface area contributed by atoms with Crippen LogP contribution in [0.2, 0.25) is 0 Å². The Morgan fingerprint density at radius 3 is 2.27 bits per heavy atom. The van der Waals surface area contributed by atoms with Gasteiger partial charge in [-0.3, -0.25) is 10.1 Å². The lowest BCUT2D eigenvalue weighted by molar-refractivity contribution is -0.384. The van der Waals surface area contributed by atoms with Crippen molar-refractivity contribution in [3.63, 3.8) is 0 Å². The highest BCUT2D eigenvalue weighted by Crippen LogP contribution is 2.48. The summed E-state index contributed by atoms with van der Waals surface area (Å²) in [6, 6.07) is 9.46. The number of nitro groups is 1. The van der Waals surface area contributed by atoms with E-state index in [1.165, 1.54) is 30.0 Å². The highest BCUT2D eigenvalue weighted by Gasteiger charge is 2.42. The first-order valence-electron chi connectivity index (χ1n) is 13.6. The maximum absolute atomic E-state index is 14.1. The normalized spacial score (nSPS) is 16.2. The van der Waals surface area contributed by atoms with Gasteiger partial charge in [0, 0.05) is 35.8 Å². The molecule has 1 aliphatic heterocycles. The molecule has 1 N–H and O–H groups in total. The smallest absolute Gasteiger partial charge is 0.334 e. The van der Waals surface area contributed by atoms with Crippen LogP contribution in [0, 0.1) is 15.5 Å². The molecular formula is C29H38N2O7S2. The minimum atomic E-state index is -3.79. The topological polar surface area (TPSA) is 127 Å². The second-order valence-corrected chi connectivity index (χ2v) is 13.0. The quantitative estimate of drug-likeness (QED) is 0.0836. The molecule has 40 heavy (non-hydrogen) atoms. The number of nitrogens with zero attached hydrogens (tertiary/aromatic N) is 2. The van der Waals surface area contributed by atoms with Crippen molar-refractivity contribution in [2.45, 2.75) is 75.5 Å². The third kappa shape index (κ3) is 7.17. The number of non-ortho nitro benzene ring substituents is 1. The molecule has 0 bridgehead atoms. The minimum absolute atomic E-state index is 0.0281. The summed E-state index contributed by atoms with van der Waals surface area (Å²) in [7, 11) is -3.79. The minimum Gasteiger partial charge on any atom is -0.478 e. The maximum atomic E-state index is 14.1. The lowest BCUT2D eigenvalue weighted by Gasteiger charge is -2.37. The number of benzene rings is 2. The number of sulfone groups is 1. The number of carbonyl (C=O) groups is 1. The van der Waals surface area contributed by atoms with Crippen LogP contribution in [-0.2, 0) is 14.6 Å². The van der Waals surface area contributed by atoms with Gasteiger partial charge in [-0.1, -0.05) is 46.5 Å². The number of rotatable bonds is 13. The Labute approximate surface area is 240 Å². The predicted molar refractivity (Wildman–Crippen MR) is 158 cm³/mol. The number of anilines is 2. The van der Waals surface area contributed by atoms with Crippen molar-refractivity contribution >= 4 is 44.6 Å². The summed E-state index contributed by atoms with van der Waals surface area (Å²) in [6.45, 7) is 6.33. The fourth-order valence-corrected chi connectivity index (χ4v) is 7.78. The predicted octanol–water partition coefficient (Wildman–Crippen LogP) is 7.37. The number of hydrogen-bond donors (Lipinski definition) is 1. The van der Waals surface area contributed by atoms with Crippen molar-refractivity contribution in [2.24, 2.45) is 5.41 Å². The summed E-state index contributed by atoms with van der Waals surface area (Å²) in [6.07, 6.45) is 8.35. The van der Waals surface area contributed by atoms with E-state index in [-0.39, 0.29) is 34.1 Å². The Kier molecular flexibility index (Phi) is 10.7. The average molecular weight is 591 g/mol. The molecular weight excluding hydrogens is 552 g/mol. The van der Waals surface area contributed by atoms with Crippen LogP contribution >= 0.6 is 11.8 Å². The summed E-state index contributed by atoms with van der Waals surface area (Å²) in [5.74, 6) is -0.864. The van der Waals surface area contributed by atoms with Crippen LogP contribution in [-0.4, -0.2) is 43.0 Å². The van der Waals surface area contributed by atoms with E-state index in [4.69, 9.17) is 4.74 Å². The van der Waals surface area contributed by atoms with E-state index in [0.29, 0.717) is 22.8 Å². The number of ether oxygens (including phenoxy) is 1. The van der Waals surface area contributed by atoms with Gasteiger partial charge in [-0.15, -0.1) is 11.8 Å². The van der Waals surface area contributed by atoms with E-state index in [2.05, 4.69) is 13.8 Å². The van der Waals surface area contributed by atoms with Gasteiger partial charge in [0.1, 0.15) is 12.0 Å². The summed E-state index contributed by atoms with van der Waals surface area (Å²) in [5, 5.41) is 20.7. The van der Waals surface area contributed by atoms with Gasteiger partial charge in [-0.2, -0.15) is 0 Å². The van der Waals surface area contributed by atoms with Crippen LogP contribution in [0.3, 0.4) is 0 Å². The summed E-state index contributed by atoms with van der Waals surface area (Å²) in [5.41, 5.74) is 0.653. The summed E-state index contributed by atoms with van der Waals surface area (Å²) >= 11 is 1.36. The molecule has 0 aliphatic carbocycles. The molecule has 0 amide bonds. The standard InChI is InChI=1S/C29H38N2O7S2/c1-5-8-14-29(15-9-6-2)19-30(22-10-12-23(13-11-22)31(34)35)24-16-26(39-4)25(17-27(24)40(36,37)20-29)38-18-21(7-3)28(32)33/h10-13,16-18H,5-9,14-15,19-20H2,1-4H3,(H,32,33)/b21-18+. The van der Waals surface area contributed by atoms with Crippen molar-refractivity contribution in [1.29, 1.82) is 0 Å². The number of thioether (sulfide) groups is 1. The van der Waals surface area contributed by atoms with Gasteiger partial charge in [0.05, 0.1) is 31.7 Å². The van der Waals surface area contributed by atoms with Gasteiger partial charge in [0.2, 0.25) is 0 Å². The first kappa shape index (κ1) is 31.5. The lowest BCUT2D eigenvalue weighted by Crippen LogP contribution is -2.38. The number of aliphatic carboxylic acids is 1. The number of unbranched alkanes of at least 4 members (excludes halogenated alkanes) is 2. The molecule has 1 heterocycles. The van der Waals surface area contributed by atoms with Gasteiger partial charge in [0.25, 0.3) is 5.69 Å². The molecule has 9 nitrogen and oxygen atoms in total.